The molecule has 4 nitrogen and oxygen atoms in total. The maximum Gasteiger partial charge on any atom is 0.192 e. The van der Waals surface area contributed by atoms with Gasteiger partial charge >= 0.3 is 0 Å². The molecule has 0 saturated carbocycles. The summed E-state index contributed by atoms with van der Waals surface area (Å²) in [6.45, 7) is 7.85. The number of aliphatic imine (C=N–C) groups is 1. The number of likely N-dealkylation sites (N-methyl/N-ethyl adjacent to an activating group) is 1. The molecule has 2 heterocycles. The van der Waals surface area contributed by atoms with E-state index < -0.39 is 13.6 Å². The van der Waals surface area contributed by atoms with Crippen molar-refractivity contribution in [3.05, 3.63) is 84.2 Å². The smallest absolute Gasteiger partial charge is 0.192 e. The van der Waals surface area contributed by atoms with E-state index in [1.165, 1.54) is 10.8 Å². The van der Waals surface area contributed by atoms with Crippen LogP contribution in [0.15, 0.2) is 78.0 Å². The summed E-state index contributed by atoms with van der Waals surface area (Å²) in [5.41, 5.74) is 10.4. The highest BCUT2D eigenvalue weighted by atomic mass is 28.3. The fourth-order valence-electron chi connectivity index (χ4n) is 3.95. The average molecular weight is 401 g/mol. The fraction of sp³-hybridized carbons (Fsp3) is 0.250. The monoisotopic (exact) mass is 400 g/mol. The van der Waals surface area contributed by atoms with Crippen LogP contribution in [0, 0.1) is 0 Å². The zero-order valence-corrected chi connectivity index (χ0v) is 18.6. The van der Waals surface area contributed by atoms with Gasteiger partial charge in [0, 0.05) is 19.4 Å². The van der Waals surface area contributed by atoms with Crippen LogP contribution in [0.3, 0.4) is 0 Å². The van der Waals surface area contributed by atoms with Gasteiger partial charge in [-0.2, -0.15) is 0 Å². The summed E-state index contributed by atoms with van der Waals surface area (Å²) in [5.74, 6) is 0.579. The number of pyridine rings is 1. The second-order valence-corrected chi connectivity index (χ2v) is 13.9. The van der Waals surface area contributed by atoms with E-state index in [4.69, 9.17) is 10.7 Å². The molecule has 2 N–H and O–H groups in total. The third kappa shape index (κ3) is 3.58. The van der Waals surface area contributed by atoms with Crippen molar-refractivity contribution >= 4 is 19.2 Å². The Hall–Kier alpha value is -2.92. The molecule has 1 aromatic heterocycles. The number of guanidine groups is 1. The predicted molar refractivity (Wildman–Crippen MR) is 124 cm³/mol. The number of hydrogen-bond donors (Lipinski definition) is 1. The fourth-order valence-corrected chi connectivity index (χ4v) is 5.14. The largest absolute Gasteiger partial charge is 0.370 e. The molecule has 29 heavy (non-hydrogen) atoms. The molecule has 0 bridgehead atoms. The zero-order chi connectivity index (χ0) is 20.6. The van der Waals surface area contributed by atoms with Gasteiger partial charge in [0.15, 0.2) is 5.96 Å². The number of rotatable bonds is 4. The minimum Gasteiger partial charge on any atom is -0.370 e. The molecule has 1 unspecified atom stereocenters. The quantitative estimate of drug-likeness (QED) is 0.678. The van der Waals surface area contributed by atoms with Crippen LogP contribution in [-0.2, 0) is 5.54 Å². The van der Waals surface area contributed by atoms with Crippen LogP contribution < -0.4 is 10.9 Å². The molecule has 2 aromatic carbocycles. The van der Waals surface area contributed by atoms with Gasteiger partial charge in [0.1, 0.15) is 5.54 Å². The molecule has 0 saturated heterocycles. The number of benzene rings is 2. The highest BCUT2D eigenvalue weighted by molar-refractivity contribution is 6.88. The normalized spacial score (nSPS) is 19.3. The van der Waals surface area contributed by atoms with Crippen LogP contribution in [0.5, 0.6) is 0 Å². The third-order valence-corrected chi connectivity index (χ3v) is 7.75. The Morgan fingerprint density at radius 2 is 1.62 bits per heavy atom. The highest BCUT2D eigenvalue weighted by Gasteiger charge is 2.41. The van der Waals surface area contributed by atoms with Gasteiger partial charge in [-0.15, -0.1) is 0 Å². The summed E-state index contributed by atoms with van der Waals surface area (Å²) in [7, 11) is 0.559. The Bertz CT molecular complexity index is 1060. The average Bonchev–Trinajstić information content (AvgIpc) is 3.04. The molecule has 148 valence electrons. The van der Waals surface area contributed by atoms with Crippen molar-refractivity contribution in [1.29, 1.82) is 0 Å². The summed E-state index contributed by atoms with van der Waals surface area (Å²) in [6, 6.07) is 21.6. The van der Waals surface area contributed by atoms with Crippen LogP contribution >= 0.6 is 0 Å². The highest BCUT2D eigenvalue weighted by Crippen LogP contribution is 2.39. The maximum atomic E-state index is 6.28. The molecular formula is C24H28N4Si. The van der Waals surface area contributed by atoms with Gasteiger partial charge in [-0.1, -0.05) is 73.4 Å². The molecule has 4 rings (SSSR count). The van der Waals surface area contributed by atoms with Gasteiger partial charge in [0.2, 0.25) is 0 Å². The zero-order valence-electron chi connectivity index (χ0n) is 17.6. The topological polar surface area (TPSA) is 54.5 Å². The molecule has 0 aliphatic carbocycles. The summed E-state index contributed by atoms with van der Waals surface area (Å²) in [5, 5.41) is 1.43. The molecule has 0 spiro atoms. The lowest BCUT2D eigenvalue weighted by atomic mass is 9.82. The van der Waals surface area contributed by atoms with Gasteiger partial charge < -0.3 is 10.6 Å². The second-order valence-electron chi connectivity index (χ2n) is 8.84. The summed E-state index contributed by atoms with van der Waals surface area (Å²) >= 11 is 0. The van der Waals surface area contributed by atoms with Crippen molar-refractivity contribution in [3.63, 3.8) is 0 Å². The Labute approximate surface area is 174 Å². The lowest BCUT2D eigenvalue weighted by Gasteiger charge is -2.30. The minimum atomic E-state index is -1.45. The van der Waals surface area contributed by atoms with Crippen LogP contribution in [0.4, 0.5) is 0 Å². The molecular weight excluding hydrogens is 372 g/mol. The van der Waals surface area contributed by atoms with Crippen molar-refractivity contribution in [2.45, 2.75) is 25.2 Å². The molecule has 0 radical (unpaired) electrons. The van der Waals surface area contributed by atoms with Crippen molar-refractivity contribution in [3.8, 4) is 11.1 Å². The first-order chi connectivity index (χ1) is 13.8. The van der Waals surface area contributed by atoms with Gasteiger partial charge in [-0.25, -0.2) is 4.99 Å². The summed E-state index contributed by atoms with van der Waals surface area (Å²) in [6.07, 6.45) is 3.70. The third-order valence-electron chi connectivity index (χ3n) is 5.70. The van der Waals surface area contributed by atoms with E-state index in [1.54, 1.807) is 6.20 Å². The van der Waals surface area contributed by atoms with E-state index in [1.807, 2.05) is 24.2 Å². The van der Waals surface area contributed by atoms with Gasteiger partial charge in [0.25, 0.3) is 0 Å². The molecule has 3 aromatic rings. The van der Waals surface area contributed by atoms with E-state index in [0.717, 1.165) is 23.2 Å². The molecule has 1 aliphatic rings. The summed E-state index contributed by atoms with van der Waals surface area (Å²) in [4.78, 5) is 11.3. The van der Waals surface area contributed by atoms with Crippen molar-refractivity contribution in [2.75, 3.05) is 13.6 Å². The Morgan fingerprint density at radius 3 is 2.24 bits per heavy atom. The first-order valence-electron chi connectivity index (χ1n) is 9.98. The minimum absolute atomic E-state index is 0.507. The molecule has 1 aliphatic heterocycles. The van der Waals surface area contributed by atoms with E-state index in [-0.39, 0.29) is 0 Å². The number of hydrogen-bond acceptors (Lipinski definition) is 4. The van der Waals surface area contributed by atoms with Gasteiger partial charge in [-0.05, 0) is 34.4 Å². The SMILES string of the molecule is CN1CC(c2cccc(-c3cccnc3)c2)(c2cccc([Si](C)(C)C)c2)N=C1N. The van der Waals surface area contributed by atoms with Crippen molar-refractivity contribution in [2.24, 2.45) is 10.7 Å². The van der Waals surface area contributed by atoms with Gasteiger partial charge in [0.05, 0.1) is 14.6 Å². The van der Waals surface area contributed by atoms with E-state index in [2.05, 4.69) is 79.2 Å². The standard InChI is InChI=1S/C24H28N4Si/c1-28-17-24(27-23(28)25,21-11-6-12-22(15-21)29(2,3)4)20-10-5-8-18(14-20)19-9-7-13-26-16-19/h5-16H,17H2,1-4H3,(H2,25,27). The maximum absolute atomic E-state index is 6.28. The molecule has 0 amide bonds. The lowest BCUT2D eigenvalue weighted by Crippen LogP contribution is -2.40. The van der Waals surface area contributed by atoms with Crippen LogP contribution in [0.2, 0.25) is 19.6 Å². The summed E-state index contributed by atoms with van der Waals surface area (Å²) < 4.78 is 0. The molecule has 5 heteroatoms. The molecule has 0 fully saturated rings. The van der Waals surface area contributed by atoms with Crippen LogP contribution in [-0.4, -0.2) is 37.5 Å². The first kappa shape index (κ1) is 19.4. The number of aromatic nitrogens is 1. The molecule has 1 atom stereocenters. The Balaban J connectivity index is 1.89. The van der Waals surface area contributed by atoms with E-state index in [0.29, 0.717) is 5.96 Å². The lowest BCUT2D eigenvalue weighted by molar-refractivity contribution is 0.433. The van der Waals surface area contributed by atoms with Crippen LogP contribution in [0.1, 0.15) is 11.1 Å². The van der Waals surface area contributed by atoms with Gasteiger partial charge in [-0.3, -0.25) is 4.98 Å². The van der Waals surface area contributed by atoms with E-state index in [9.17, 15) is 0 Å². The van der Waals surface area contributed by atoms with E-state index >= 15 is 0 Å². The Morgan fingerprint density at radius 1 is 0.931 bits per heavy atom. The number of nitrogens with two attached hydrogens (primary N) is 1. The second kappa shape index (κ2) is 7.15. The first-order valence-corrected chi connectivity index (χ1v) is 13.5. The predicted octanol–water partition coefficient (Wildman–Crippen LogP) is 3.80. The van der Waals surface area contributed by atoms with Crippen molar-refractivity contribution in [1.82, 2.24) is 9.88 Å². The number of nitrogens with zero attached hydrogens (tertiary/aromatic N) is 3. The van der Waals surface area contributed by atoms with Crippen molar-refractivity contribution < 1.29 is 0 Å². The van der Waals surface area contributed by atoms with Crippen LogP contribution in [0.25, 0.3) is 11.1 Å². The Kier molecular flexibility index (Phi) is 4.78.